The molecule has 3 heterocycles. The van der Waals surface area contributed by atoms with Crippen LogP contribution in [0.15, 0.2) is 42.6 Å². The summed E-state index contributed by atoms with van der Waals surface area (Å²) in [7, 11) is 0. The van der Waals surface area contributed by atoms with Gasteiger partial charge in [-0.05, 0) is 62.9 Å². The fourth-order valence-corrected chi connectivity index (χ4v) is 3.57. The van der Waals surface area contributed by atoms with Crippen molar-refractivity contribution in [3.05, 3.63) is 59.5 Å². The van der Waals surface area contributed by atoms with Gasteiger partial charge in [-0.3, -0.25) is 9.80 Å². The summed E-state index contributed by atoms with van der Waals surface area (Å²) >= 11 is 0. The van der Waals surface area contributed by atoms with Gasteiger partial charge in [-0.15, -0.1) is 0 Å². The van der Waals surface area contributed by atoms with E-state index in [1.54, 1.807) is 0 Å². The first-order valence-electron chi connectivity index (χ1n) is 11.0. The fraction of sp³-hybridized carbons (Fsp3) is 0.458. The molecule has 0 aliphatic rings. The first-order valence-corrected chi connectivity index (χ1v) is 11.0. The number of aromatic nitrogens is 4. The standard InChI is InChI=1S/C24H34N6/c1-6-28(7-2)17-20-12-10-14-22(25-20)24-19(5)16-30(27-24)23-15-11-13-21(26-23)18-29(8-3)9-4/h10-16H,6-9,17-18H2,1-5H3. The molecule has 0 fully saturated rings. The molecular formula is C24H34N6. The van der Waals surface area contributed by atoms with E-state index in [1.165, 1.54) is 0 Å². The predicted molar refractivity (Wildman–Crippen MR) is 123 cm³/mol. The maximum absolute atomic E-state index is 4.88. The first-order chi connectivity index (χ1) is 14.6. The molecule has 0 N–H and O–H groups in total. The van der Waals surface area contributed by atoms with E-state index in [-0.39, 0.29) is 0 Å². The third-order valence-electron chi connectivity index (χ3n) is 5.53. The molecule has 3 aromatic heterocycles. The molecule has 3 rings (SSSR count). The largest absolute Gasteiger partial charge is 0.298 e. The van der Waals surface area contributed by atoms with Gasteiger partial charge in [-0.2, -0.15) is 5.10 Å². The van der Waals surface area contributed by atoms with Crippen molar-refractivity contribution in [1.82, 2.24) is 29.5 Å². The van der Waals surface area contributed by atoms with Gasteiger partial charge in [0, 0.05) is 19.3 Å². The summed E-state index contributed by atoms with van der Waals surface area (Å²) in [5.74, 6) is 0.841. The SMILES string of the molecule is CCN(CC)Cc1cccc(-c2nn(-c3cccc(CN(CC)CC)n3)cc2C)n1. The van der Waals surface area contributed by atoms with Gasteiger partial charge in [0.15, 0.2) is 5.82 Å². The van der Waals surface area contributed by atoms with Crippen molar-refractivity contribution in [3.63, 3.8) is 0 Å². The molecule has 30 heavy (non-hydrogen) atoms. The second kappa shape index (κ2) is 10.5. The maximum atomic E-state index is 4.88. The van der Waals surface area contributed by atoms with Crippen molar-refractivity contribution in [1.29, 1.82) is 0 Å². The third-order valence-corrected chi connectivity index (χ3v) is 5.53. The average molecular weight is 407 g/mol. The second-order valence-corrected chi connectivity index (χ2v) is 7.53. The van der Waals surface area contributed by atoms with Crippen molar-refractivity contribution in [2.45, 2.75) is 47.7 Å². The van der Waals surface area contributed by atoms with Crippen LogP contribution >= 0.6 is 0 Å². The molecule has 6 heteroatoms. The van der Waals surface area contributed by atoms with Crippen LogP contribution in [0.5, 0.6) is 0 Å². The van der Waals surface area contributed by atoms with Gasteiger partial charge >= 0.3 is 0 Å². The highest BCUT2D eigenvalue weighted by molar-refractivity contribution is 5.58. The lowest BCUT2D eigenvalue weighted by atomic mass is 10.2. The van der Waals surface area contributed by atoms with Crippen LogP contribution in [-0.2, 0) is 13.1 Å². The van der Waals surface area contributed by atoms with Gasteiger partial charge in [0.05, 0.1) is 17.1 Å². The number of nitrogens with zero attached hydrogens (tertiary/aromatic N) is 6. The minimum absolute atomic E-state index is 0.841. The van der Waals surface area contributed by atoms with Crippen molar-refractivity contribution in [2.24, 2.45) is 0 Å². The minimum atomic E-state index is 0.841. The van der Waals surface area contributed by atoms with E-state index >= 15 is 0 Å². The Balaban J connectivity index is 1.86. The highest BCUT2D eigenvalue weighted by Gasteiger charge is 2.13. The van der Waals surface area contributed by atoms with E-state index in [9.17, 15) is 0 Å². The van der Waals surface area contributed by atoms with Crippen LogP contribution in [0.4, 0.5) is 0 Å². The molecule has 3 aromatic rings. The van der Waals surface area contributed by atoms with Crippen molar-refractivity contribution >= 4 is 0 Å². The van der Waals surface area contributed by atoms with E-state index in [4.69, 9.17) is 15.1 Å². The van der Waals surface area contributed by atoms with Crippen molar-refractivity contribution in [2.75, 3.05) is 26.2 Å². The maximum Gasteiger partial charge on any atom is 0.153 e. The molecule has 160 valence electrons. The normalized spacial score (nSPS) is 11.6. The molecule has 0 aliphatic carbocycles. The monoisotopic (exact) mass is 406 g/mol. The smallest absolute Gasteiger partial charge is 0.153 e. The Hall–Kier alpha value is -2.57. The van der Waals surface area contributed by atoms with Crippen LogP contribution in [0.25, 0.3) is 17.2 Å². The molecule has 0 aromatic carbocycles. The van der Waals surface area contributed by atoms with Gasteiger partial charge in [0.2, 0.25) is 0 Å². The van der Waals surface area contributed by atoms with Crippen LogP contribution in [0.3, 0.4) is 0 Å². The Labute approximate surface area is 180 Å². The molecule has 0 bridgehead atoms. The van der Waals surface area contributed by atoms with E-state index in [2.05, 4.69) is 68.7 Å². The molecule has 0 radical (unpaired) electrons. The second-order valence-electron chi connectivity index (χ2n) is 7.53. The highest BCUT2D eigenvalue weighted by Crippen LogP contribution is 2.22. The third kappa shape index (κ3) is 5.32. The fourth-order valence-electron chi connectivity index (χ4n) is 3.57. The lowest BCUT2D eigenvalue weighted by Gasteiger charge is -2.17. The van der Waals surface area contributed by atoms with Crippen molar-refractivity contribution in [3.8, 4) is 17.2 Å². The van der Waals surface area contributed by atoms with Crippen LogP contribution in [0.2, 0.25) is 0 Å². The highest BCUT2D eigenvalue weighted by atomic mass is 15.3. The van der Waals surface area contributed by atoms with Crippen LogP contribution in [0, 0.1) is 6.92 Å². The van der Waals surface area contributed by atoms with Crippen molar-refractivity contribution < 1.29 is 0 Å². The molecule has 6 nitrogen and oxygen atoms in total. The summed E-state index contributed by atoms with van der Waals surface area (Å²) < 4.78 is 1.87. The molecule has 0 aliphatic heterocycles. The summed E-state index contributed by atoms with van der Waals surface area (Å²) in [6.45, 7) is 16.6. The predicted octanol–water partition coefficient (Wildman–Crippen LogP) is 4.32. The van der Waals surface area contributed by atoms with Gasteiger partial charge in [0.1, 0.15) is 5.69 Å². The molecule has 0 atom stereocenters. The number of pyridine rings is 2. The lowest BCUT2D eigenvalue weighted by Crippen LogP contribution is -2.23. The molecule has 0 saturated carbocycles. The van der Waals surface area contributed by atoms with Gasteiger partial charge in [0.25, 0.3) is 0 Å². The number of aryl methyl sites for hydroxylation is 1. The first kappa shape index (κ1) is 22.1. The topological polar surface area (TPSA) is 50.1 Å². The van der Waals surface area contributed by atoms with Gasteiger partial charge in [-0.25, -0.2) is 14.6 Å². The quantitative estimate of drug-likeness (QED) is 0.502. The molecule has 0 spiro atoms. The molecule has 0 saturated heterocycles. The van der Waals surface area contributed by atoms with Crippen LogP contribution in [0.1, 0.15) is 44.6 Å². The molecule has 0 unspecified atom stereocenters. The Morgan fingerprint density at radius 1 is 0.767 bits per heavy atom. The molecular weight excluding hydrogens is 372 g/mol. The number of rotatable bonds is 10. The summed E-state index contributed by atoms with van der Waals surface area (Å²) in [6.07, 6.45) is 2.04. The number of hydrogen-bond donors (Lipinski definition) is 0. The molecule has 0 amide bonds. The van der Waals surface area contributed by atoms with Crippen LogP contribution in [-0.4, -0.2) is 55.7 Å². The summed E-state index contributed by atoms with van der Waals surface area (Å²) in [6, 6.07) is 12.3. The zero-order valence-corrected chi connectivity index (χ0v) is 19.0. The summed E-state index contributed by atoms with van der Waals surface area (Å²) in [4.78, 5) is 14.4. The Morgan fingerprint density at radius 3 is 1.93 bits per heavy atom. The van der Waals surface area contributed by atoms with E-state index in [1.807, 2.05) is 23.0 Å². The van der Waals surface area contributed by atoms with Crippen LogP contribution < -0.4 is 0 Å². The van der Waals surface area contributed by atoms with E-state index < -0.39 is 0 Å². The number of hydrogen-bond acceptors (Lipinski definition) is 5. The Kier molecular flexibility index (Phi) is 7.71. The van der Waals surface area contributed by atoms with Gasteiger partial charge in [-0.1, -0.05) is 39.8 Å². The zero-order valence-electron chi connectivity index (χ0n) is 19.0. The Morgan fingerprint density at radius 2 is 1.33 bits per heavy atom. The minimum Gasteiger partial charge on any atom is -0.298 e. The Bertz CT molecular complexity index is 940. The zero-order chi connectivity index (χ0) is 21.5. The average Bonchev–Trinajstić information content (AvgIpc) is 3.18. The van der Waals surface area contributed by atoms with Gasteiger partial charge < -0.3 is 0 Å². The summed E-state index contributed by atoms with van der Waals surface area (Å²) in [5.41, 5.74) is 5.05. The lowest BCUT2D eigenvalue weighted by molar-refractivity contribution is 0.292. The van der Waals surface area contributed by atoms with E-state index in [0.717, 1.165) is 73.4 Å². The van der Waals surface area contributed by atoms with E-state index in [0.29, 0.717) is 0 Å². The summed E-state index contributed by atoms with van der Waals surface area (Å²) in [5, 5.41) is 4.84.